The van der Waals surface area contributed by atoms with Crippen molar-refractivity contribution in [2.24, 2.45) is 5.92 Å². The van der Waals surface area contributed by atoms with Crippen LogP contribution in [0.2, 0.25) is 0 Å². The van der Waals surface area contributed by atoms with Gasteiger partial charge in [0.05, 0.1) is 0 Å². The van der Waals surface area contributed by atoms with Crippen molar-refractivity contribution in [1.82, 2.24) is 5.32 Å². The fourth-order valence-electron chi connectivity index (χ4n) is 2.94. The van der Waals surface area contributed by atoms with Gasteiger partial charge < -0.3 is 5.32 Å². The molecule has 0 saturated heterocycles. The Bertz CT molecular complexity index is 386. The van der Waals surface area contributed by atoms with Gasteiger partial charge in [-0.2, -0.15) is 0 Å². The topological polar surface area (TPSA) is 12.0 Å². The molecule has 1 aliphatic rings. The smallest absolute Gasteiger partial charge is 0.128 e. The second-order valence-electron chi connectivity index (χ2n) is 5.25. The van der Waals surface area contributed by atoms with E-state index in [1.165, 1.54) is 50.3 Å². The molecule has 1 aromatic rings. The van der Waals surface area contributed by atoms with Crippen molar-refractivity contribution in [3.8, 4) is 0 Å². The molecule has 0 amide bonds. The van der Waals surface area contributed by atoms with Crippen LogP contribution in [0.25, 0.3) is 0 Å². The largest absolute Gasteiger partial charge is 0.313 e. The van der Waals surface area contributed by atoms with Gasteiger partial charge in [0.25, 0.3) is 0 Å². The molecule has 1 N–H and O–H groups in total. The lowest BCUT2D eigenvalue weighted by molar-refractivity contribution is 0.302. The molecule has 1 nitrogen and oxygen atoms in total. The lowest BCUT2D eigenvalue weighted by Gasteiger charge is -2.26. The molecule has 1 unspecified atom stereocenters. The fraction of sp³-hybridized carbons (Fsp3) is 0.600. The second kappa shape index (κ2) is 6.28. The van der Waals surface area contributed by atoms with E-state index >= 15 is 0 Å². The Hall–Kier alpha value is -0.960. The molecular weight excluding hydrogens is 232 g/mol. The van der Waals surface area contributed by atoms with Crippen LogP contribution in [0.15, 0.2) is 18.2 Å². The zero-order chi connectivity index (χ0) is 13.0. The molecule has 0 bridgehead atoms. The van der Waals surface area contributed by atoms with Crippen molar-refractivity contribution < 1.29 is 8.78 Å². The van der Waals surface area contributed by atoms with E-state index in [2.05, 4.69) is 5.32 Å². The number of benzene rings is 1. The predicted molar refractivity (Wildman–Crippen MR) is 69.4 cm³/mol. The summed E-state index contributed by atoms with van der Waals surface area (Å²) in [5.74, 6) is -0.0410. The minimum atomic E-state index is -0.365. The molecule has 1 fully saturated rings. The predicted octanol–water partition coefficient (Wildman–Crippen LogP) is 4.20. The summed E-state index contributed by atoms with van der Waals surface area (Å²) in [5.41, 5.74) is 0.461. The summed E-state index contributed by atoms with van der Waals surface area (Å²) in [6.07, 6.45) is 7.19. The van der Waals surface area contributed by atoms with Crippen molar-refractivity contribution in [2.75, 3.05) is 7.05 Å². The summed E-state index contributed by atoms with van der Waals surface area (Å²) in [6, 6.07) is 3.63. The van der Waals surface area contributed by atoms with Crippen molar-refractivity contribution >= 4 is 0 Å². The van der Waals surface area contributed by atoms with E-state index in [4.69, 9.17) is 0 Å². The Morgan fingerprint density at radius 2 is 1.94 bits per heavy atom. The summed E-state index contributed by atoms with van der Waals surface area (Å²) < 4.78 is 27.0. The van der Waals surface area contributed by atoms with Crippen molar-refractivity contribution in [3.05, 3.63) is 35.4 Å². The van der Waals surface area contributed by atoms with Gasteiger partial charge in [-0.05, 0) is 37.6 Å². The first-order valence-electron chi connectivity index (χ1n) is 6.83. The summed E-state index contributed by atoms with van der Waals surface area (Å²) in [5, 5.41) is 3.13. The molecule has 1 atom stereocenters. The molecule has 100 valence electrons. The summed E-state index contributed by atoms with van der Waals surface area (Å²) in [7, 11) is 1.82. The summed E-state index contributed by atoms with van der Waals surface area (Å²) >= 11 is 0. The third kappa shape index (κ3) is 3.29. The van der Waals surface area contributed by atoms with E-state index in [0.717, 1.165) is 6.42 Å². The average Bonchev–Trinajstić information content (AvgIpc) is 2.40. The van der Waals surface area contributed by atoms with E-state index in [1.54, 1.807) is 0 Å². The Balaban J connectivity index is 2.09. The quantitative estimate of drug-likeness (QED) is 0.848. The molecule has 0 aromatic heterocycles. The monoisotopic (exact) mass is 253 g/mol. The van der Waals surface area contributed by atoms with Gasteiger partial charge in [-0.15, -0.1) is 0 Å². The van der Waals surface area contributed by atoms with Crippen LogP contribution in [-0.4, -0.2) is 7.05 Å². The Morgan fingerprint density at radius 1 is 1.22 bits per heavy atom. The number of halogens is 2. The van der Waals surface area contributed by atoms with Crippen LogP contribution in [0, 0.1) is 17.6 Å². The normalized spacial score (nSPS) is 18.8. The van der Waals surface area contributed by atoms with Gasteiger partial charge in [0.1, 0.15) is 11.6 Å². The maximum Gasteiger partial charge on any atom is 0.128 e. The first-order valence-corrected chi connectivity index (χ1v) is 6.83. The standard InChI is InChI=1S/C15H21F2N/c1-18-15(9-11-5-3-2-4-6-11)13-10-12(16)7-8-14(13)17/h7-8,10-11,15,18H,2-6,9H2,1H3. The van der Waals surface area contributed by atoms with E-state index in [0.29, 0.717) is 11.5 Å². The molecule has 3 heteroatoms. The highest BCUT2D eigenvalue weighted by molar-refractivity contribution is 5.22. The van der Waals surface area contributed by atoms with E-state index < -0.39 is 0 Å². The maximum absolute atomic E-state index is 13.8. The van der Waals surface area contributed by atoms with Gasteiger partial charge in [0.2, 0.25) is 0 Å². The molecule has 0 aliphatic heterocycles. The van der Waals surface area contributed by atoms with Crippen LogP contribution >= 0.6 is 0 Å². The number of hydrogen-bond donors (Lipinski definition) is 1. The molecule has 18 heavy (non-hydrogen) atoms. The van der Waals surface area contributed by atoms with Gasteiger partial charge in [-0.1, -0.05) is 32.1 Å². The van der Waals surface area contributed by atoms with Crippen LogP contribution < -0.4 is 5.32 Å². The van der Waals surface area contributed by atoms with Crippen LogP contribution in [0.5, 0.6) is 0 Å². The van der Waals surface area contributed by atoms with Crippen molar-refractivity contribution in [3.63, 3.8) is 0 Å². The van der Waals surface area contributed by atoms with E-state index in [-0.39, 0.29) is 17.7 Å². The van der Waals surface area contributed by atoms with Crippen molar-refractivity contribution in [1.29, 1.82) is 0 Å². The Morgan fingerprint density at radius 3 is 2.61 bits per heavy atom. The second-order valence-corrected chi connectivity index (χ2v) is 5.25. The molecule has 0 heterocycles. The minimum absolute atomic E-state index is 0.0798. The lowest BCUT2D eigenvalue weighted by Crippen LogP contribution is -2.22. The van der Waals surface area contributed by atoms with Crippen LogP contribution in [0.3, 0.4) is 0 Å². The van der Waals surface area contributed by atoms with Crippen LogP contribution in [-0.2, 0) is 0 Å². The Kier molecular flexibility index (Phi) is 4.70. The first kappa shape index (κ1) is 13.5. The van der Waals surface area contributed by atoms with Gasteiger partial charge >= 0.3 is 0 Å². The zero-order valence-corrected chi connectivity index (χ0v) is 10.9. The average molecular weight is 253 g/mol. The molecule has 0 radical (unpaired) electrons. The number of hydrogen-bond acceptors (Lipinski definition) is 1. The van der Waals surface area contributed by atoms with Crippen LogP contribution in [0.4, 0.5) is 8.78 Å². The van der Waals surface area contributed by atoms with Gasteiger partial charge in [0.15, 0.2) is 0 Å². The van der Waals surface area contributed by atoms with Crippen molar-refractivity contribution in [2.45, 2.75) is 44.6 Å². The zero-order valence-electron chi connectivity index (χ0n) is 10.9. The summed E-state index contributed by atoms with van der Waals surface area (Å²) in [6.45, 7) is 0. The summed E-state index contributed by atoms with van der Waals surface area (Å²) in [4.78, 5) is 0. The number of nitrogens with one attached hydrogen (secondary N) is 1. The maximum atomic E-state index is 13.8. The highest BCUT2D eigenvalue weighted by Gasteiger charge is 2.21. The van der Waals surface area contributed by atoms with Gasteiger partial charge in [0, 0.05) is 11.6 Å². The highest BCUT2D eigenvalue weighted by Crippen LogP contribution is 2.32. The molecule has 0 spiro atoms. The van der Waals surface area contributed by atoms with E-state index in [1.807, 2.05) is 7.05 Å². The first-order chi connectivity index (χ1) is 8.70. The molecule has 1 saturated carbocycles. The SMILES string of the molecule is CNC(CC1CCCCC1)c1cc(F)ccc1F. The third-order valence-corrected chi connectivity index (χ3v) is 3.98. The third-order valence-electron chi connectivity index (χ3n) is 3.98. The lowest BCUT2D eigenvalue weighted by atomic mass is 9.83. The molecule has 2 rings (SSSR count). The molecule has 1 aliphatic carbocycles. The highest BCUT2D eigenvalue weighted by atomic mass is 19.1. The number of rotatable bonds is 4. The van der Waals surface area contributed by atoms with E-state index in [9.17, 15) is 8.78 Å². The minimum Gasteiger partial charge on any atom is -0.313 e. The molecule has 1 aromatic carbocycles. The fourth-order valence-corrected chi connectivity index (χ4v) is 2.94. The van der Waals surface area contributed by atoms with Gasteiger partial charge in [-0.3, -0.25) is 0 Å². The Labute approximate surface area is 108 Å². The molecular formula is C15H21F2N. The van der Waals surface area contributed by atoms with Crippen LogP contribution in [0.1, 0.15) is 50.1 Å². The van der Waals surface area contributed by atoms with Gasteiger partial charge in [-0.25, -0.2) is 8.78 Å².